The topological polar surface area (TPSA) is 69.6 Å². The van der Waals surface area contributed by atoms with Crippen LogP contribution in [0, 0.1) is 0 Å². The van der Waals surface area contributed by atoms with Gasteiger partial charge in [-0.25, -0.2) is 0 Å². The van der Waals surface area contributed by atoms with Gasteiger partial charge in [0.1, 0.15) is 0 Å². The third-order valence-electron chi connectivity index (χ3n) is 4.07. The van der Waals surface area contributed by atoms with Gasteiger partial charge in [0, 0.05) is 18.7 Å². The summed E-state index contributed by atoms with van der Waals surface area (Å²) in [6.07, 6.45) is -10.2. The summed E-state index contributed by atoms with van der Waals surface area (Å²) in [6, 6.07) is 0. The van der Waals surface area contributed by atoms with Crippen molar-refractivity contribution in [1.29, 1.82) is 0 Å². The third kappa shape index (κ3) is 7.75. The van der Waals surface area contributed by atoms with Gasteiger partial charge in [-0.2, -0.15) is 48.3 Å². The van der Waals surface area contributed by atoms with Crippen LogP contribution in [0.15, 0.2) is 0 Å². The number of carboxylic acids is 1. The molecule has 0 aliphatic rings. The highest BCUT2D eigenvalue weighted by Gasteiger charge is 2.86. The Morgan fingerprint density at radius 1 is 0.909 bits per heavy atom. The van der Waals surface area contributed by atoms with Crippen LogP contribution in [0.5, 0.6) is 0 Å². The largest absolute Gasteiger partial charge is 0.481 e. The van der Waals surface area contributed by atoms with Crippen LogP contribution in [0.1, 0.15) is 19.3 Å². The molecule has 1 atom stereocenters. The van der Waals surface area contributed by atoms with Crippen LogP contribution < -0.4 is 5.32 Å². The van der Waals surface area contributed by atoms with Crippen molar-refractivity contribution in [2.75, 3.05) is 32.9 Å². The van der Waals surface area contributed by atoms with Crippen LogP contribution >= 0.6 is 11.8 Å². The Morgan fingerprint density at radius 2 is 1.42 bits per heavy atom. The average Bonchev–Trinajstić information content (AvgIpc) is 2.62. The van der Waals surface area contributed by atoms with Crippen molar-refractivity contribution in [3.05, 3.63) is 0 Å². The SMILES string of the molecule is CN(C)CCCNC(=O)C(CC(=O)O)SCCC(F)(F)C(F)(F)C(F)(F)C(F)(F)C(F)(F)F. The second-order valence-corrected chi connectivity index (χ2v) is 8.39. The zero-order valence-corrected chi connectivity index (χ0v) is 17.9. The van der Waals surface area contributed by atoms with Gasteiger partial charge in [-0.1, -0.05) is 0 Å². The van der Waals surface area contributed by atoms with Crippen molar-refractivity contribution in [2.45, 2.75) is 54.4 Å². The minimum absolute atomic E-state index is 0.0146. The highest BCUT2D eigenvalue weighted by Crippen LogP contribution is 2.58. The molecule has 0 radical (unpaired) electrons. The quantitative estimate of drug-likeness (QED) is 0.261. The number of nitrogens with one attached hydrogen (secondary N) is 1. The van der Waals surface area contributed by atoms with E-state index in [0.29, 0.717) is 13.0 Å². The maximum atomic E-state index is 13.7. The summed E-state index contributed by atoms with van der Waals surface area (Å²) in [4.78, 5) is 24.6. The fraction of sp³-hybridized carbons (Fsp3) is 0.875. The van der Waals surface area contributed by atoms with E-state index in [0.717, 1.165) is 0 Å². The normalized spacial score (nSPS) is 15.0. The van der Waals surface area contributed by atoms with E-state index in [1.807, 2.05) is 0 Å². The van der Waals surface area contributed by atoms with Gasteiger partial charge in [-0.05, 0) is 27.1 Å². The Labute approximate surface area is 185 Å². The second kappa shape index (κ2) is 11.3. The highest BCUT2D eigenvalue weighted by atomic mass is 32.2. The lowest BCUT2D eigenvalue weighted by Gasteiger charge is -2.37. The van der Waals surface area contributed by atoms with Crippen molar-refractivity contribution in [2.24, 2.45) is 0 Å². The number of aliphatic carboxylic acids is 1. The number of carboxylic acid groups (broad SMARTS) is 1. The molecule has 0 heterocycles. The molecule has 33 heavy (non-hydrogen) atoms. The van der Waals surface area contributed by atoms with Gasteiger partial charge in [-0.3, -0.25) is 9.59 Å². The Morgan fingerprint density at radius 3 is 1.85 bits per heavy atom. The first-order valence-corrected chi connectivity index (χ1v) is 10.0. The number of carbonyl (C=O) groups excluding carboxylic acids is 1. The molecule has 0 saturated carbocycles. The predicted molar refractivity (Wildman–Crippen MR) is 95.1 cm³/mol. The Balaban J connectivity index is 5.31. The average molecular weight is 530 g/mol. The number of halogens is 11. The first-order valence-electron chi connectivity index (χ1n) is 8.95. The summed E-state index contributed by atoms with van der Waals surface area (Å²) in [7, 11) is 3.41. The van der Waals surface area contributed by atoms with Gasteiger partial charge >= 0.3 is 35.8 Å². The number of rotatable bonds is 14. The molecule has 0 aliphatic carbocycles. The molecule has 0 bridgehead atoms. The molecule has 0 aromatic rings. The molecule has 1 unspecified atom stereocenters. The Hall–Kier alpha value is -1.52. The Bertz CT molecular complexity index is 673. The van der Waals surface area contributed by atoms with Gasteiger partial charge < -0.3 is 15.3 Å². The van der Waals surface area contributed by atoms with E-state index in [1.54, 1.807) is 19.0 Å². The molecule has 2 N–H and O–H groups in total. The van der Waals surface area contributed by atoms with E-state index < -0.39 is 65.6 Å². The monoisotopic (exact) mass is 530 g/mol. The number of nitrogens with zero attached hydrogens (tertiary/aromatic N) is 1. The standard InChI is InChI=1S/C16H21F11N2O3S/c1-29(2)6-3-5-28-11(32)9(8-10(30)31)33-7-4-12(17,18)13(19,20)14(21,22)15(23,24)16(25,26)27/h9H,3-8H2,1-2H3,(H,28,32)(H,30,31). The van der Waals surface area contributed by atoms with Gasteiger partial charge in [0.15, 0.2) is 0 Å². The maximum Gasteiger partial charge on any atom is 0.460 e. The predicted octanol–water partition coefficient (Wildman–Crippen LogP) is 4.12. The molecular formula is C16H21F11N2O3S. The number of thioether (sulfide) groups is 1. The lowest BCUT2D eigenvalue weighted by atomic mass is 9.96. The lowest BCUT2D eigenvalue weighted by Crippen LogP contribution is -2.66. The van der Waals surface area contributed by atoms with E-state index in [9.17, 15) is 57.9 Å². The van der Waals surface area contributed by atoms with Crippen molar-refractivity contribution in [1.82, 2.24) is 10.2 Å². The first-order chi connectivity index (χ1) is 14.6. The fourth-order valence-corrected chi connectivity index (χ4v) is 3.35. The third-order valence-corrected chi connectivity index (χ3v) is 5.30. The van der Waals surface area contributed by atoms with Gasteiger partial charge in [0.05, 0.1) is 11.7 Å². The molecule has 0 saturated heterocycles. The van der Waals surface area contributed by atoms with Crippen molar-refractivity contribution in [3.8, 4) is 0 Å². The van der Waals surface area contributed by atoms with Crippen molar-refractivity contribution in [3.63, 3.8) is 0 Å². The minimum Gasteiger partial charge on any atom is -0.481 e. The van der Waals surface area contributed by atoms with Crippen LogP contribution in [0.3, 0.4) is 0 Å². The van der Waals surface area contributed by atoms with Crippen LogP contribution in [-0.2, 0) is 9.59 Å². The molecule has 0 aromatic carbocycles. The fourth-order valence-electron chi connectivity index (χ4n) is 2.20. The van der Waals surface area contributed by atoms with E-state index in [1.165, 1.54) is 0 Å². The molecule has 0 aromatic heterocycles. The zero-order chi connectivity index (χ0) is 26.5. The molecule has 0 aliphatic heterocycles. The number of amides is 1. The van der Waals surface area contributed by atoms with Crippen LogP contribution in [0.25, 0.3) is 0 Å². The molecule has 17 heteroatoms. The summed E-state index contributed by atoms with van der Waals surface area (Å²) in [5.41, 5.74) is 0. The summed E-state index contributed by atoms with van der Waals surface area (Å²) in [6.45, 7) is 0.510. The summed E-state index contributed by atoms with van der Waals surface area (Å²) >= 11 is 0.0177. The van der Waals surface area contributed by atoms with Crippen molar-refractivity contribution >= 4 is 23.6 Å². The summed E-state index contributed by atoms with van der Waals surface area (Å²) in [5, 5.41) is 9.38. The molecule has 0 fully saturated rings. The molecular weight excluding hydrogens is 509 g/mol. The molecule has 5 nitrogen and oxygen atoms in total. The molecule has 0 spiro atoms. The first kappa shape index (κ1) is 31.5. The number of hydrogen-bond acceptors (Lipinski definition) is 4. The number of hydrogen-bond donors (Lipinski definition) is 2. The van der Waals surface area contributed by atoms with E-state index in [2.05, 4.69) is 5.32 Å². The van der Waals surface area contributed by atoms with Gasteiger partial charge in [0.25, 0.3) is 0 Å². The molecule has 1 amide bonds. The van der Waals surface area contributed by atoms with Crippen molar-refractivity contribution < 1.29 is 63.0 Å². The van der Waals surface area contributed by atoms with Crippen LogP contribution in [-0.4, -0.2) is 89.9 Å². The maximum absolute atomic E-state index is 13.7. The molecule has 0 rings (SSSR count). The van der Waals surface area contributed by atoms with E-state index >= 15 is 0 Å². The highest BCUT2D eigenvalue weighted by molar-refractivity contribution is 8.00. The van der Waals surface area contributed by atoms with E-state index in [-0.39, 0.29) is 18.3 Å². The number of alkyl halides is 11. The van der Waals surface area contributed by atoms with Gasteiger partial charge in [0.2, 0.25) is 5.91 Å². The van der Waals surface area contributed by atoms with Crippen LogP contribution in [0.4, 0.5) is 48.3 Å². The molecule has 196 valence electrons. The van der Waals surface area contributed by atoms with E-state index in [4.69, 9.17) is 5.11 Å². The Kier molecular flexibility index (Phi) is 10.8. The summed E-state index contributed by atoms with van der Waals surface area (Å²) in [5.74, 6) is -32.1. The van der Waals surface area contributed by atoms with Crippen LogP contribution in [0.2, 0.25) is 0 Å². The minimum atomic E-state index is -7.50. The second-order valence-electron chi connectivity index (χ2n) is 7.08. The summed E-state index contributed by atoms with van der Waals surface area (Å²) < 4.78 is 143. The lowest BCUT2D eigenvalue weighted by molar-refractivity contribution is -0.422. The number of carbonyl (C=O) groups is 2. The zero-order valence-electron chi connectivity index (χ0n) is 17.1. The smallest absolute Gasteiger partial charge is 0.460 e. The van der Waals surface area contributed by atoms with Gasteiger partial charge in [-0.15, -0.1) is 11.8 Å².